The Balaban J connectivity index is 0.000000185. The number of halogens is 1. The van der Waals surface area contributed by atoms with Gasteiger partial charge in [0.2, 0.25) is 17.3 Å². The van der Waals surface area contributed by atoms with Crippen LogP contribution < -0.4 is 70.9 Å². The standard InChI is InChI=1S/C19H19N3O5S.C18H20FN3O4.C14H18N4O2.Na.H/c1-9-11(12(21-27-9)10-7-5-4-6-8-10)15(23)20-13-16(24)22-14(18(25)26)19(2,3)28-17(13)22;1-10-9-26-17-14-11(16(23)12(18(24)25)8-22(10)14)7-13(19)15(17)21-5-3-20(2)4-6-21;1-8-4-11(19-2)12(20-3)6-9(8)5-10-7-17-14(16)18-13(10)15;;/h4-8,13-14,17H,1-3H3,(H,20,23)(H,25,26);7-8,10H,3-6,9H2,1-2H3,(H,24,25);4,6-7H,5H2,1-3H3,(H4,15,16,17,18);;/q;;;+1;-1/t13-,14+,17-;;;;/m1..../s1. The van der Waals surface area contributed by atoms with Crippen LogP contribution in [-0.2, 0) is 16.0 Å². The van der Waals surface area contributed by atoms with Crippen molar-refractivity contribution in [2.24, 2.45) is 0 Å². The fourth-order valence-corrected chi connectivity index (χ4v) is 11.1. The van der Waals surface area contributed by atoms with Gasteiger partial charge in [-0.2, -0.15) is 4.98 Å². The van der Waals surface area contributed by atoms with Gasteiger partial charge >= 0.3 is 41.5 Å². The Morgan fingerprint density at radius 3 is 2.29 bits per heavy atom. The van der Waals surface area contributed by atoms with Crippen LogP contribution in [-0.4, -0.2) is 140 Å². The number of nitrogens with two attached hydrogens (primary N) is 2. The number of hydrogen-bond acceptors (Lipinski definition) is 17. The molecule has 6 aromatic rings. The summed E-state index contributed by atoms with van der Waals surface area (Å²) in [6, 6.07) is 12.3. The van der Waals surface area contributed by atoms with Crippen molar-refractivity contribution in [1.29, 1.82) is 0 Å². The molecule has 0 saturated carbocycles. The van der Waals surface area contributed by atoms with E-state index in [1.807, 2.05) is 68.3 Å². The number of benzene rings is 3. The Hall–Kier alpha value is -6.92. The van der Waals surface area contributed by atoms with E-state index in [2.05, 4.69) is 25.3 Å². The first kappa shape index (κ1) is 55.8. The number of likely N-dealkylation sites (N-methyl/N-ethyl adjacent to an activating group) is 1. The number of nitrogens with zero attached hydrogens (tertiary/aromatic N) is 7. The summed E-state index contributed by atoms with van der Waals surface area (Å²) in [6.45, 7) is 12.3. The number of thioether (sulfide) groups is 1. The minimum atomic E-state index is -1.32. The van der Waals surface area contributed by atoms with Crippen LogP contribution in [0.2, 0.25) is 0 Å². The molecule has 2 amide bonds. The number of carbonyl (C=O) groups is 4. The smallest absolute Gasteiger partial charge is 1.00 e. The third-order valence-electron chi connectivity index (χ3n) is 13.4. The minimum Gasteiger partial charge on any atom is -1.00 e. The molecule has 3 fully saturated rings. The van der Waals surface area contributed by atoms with Gasteiger partial charge in [-0.05, 0) is 71.0 Å². The number of carboxylic acids is 2. The molecule has 0 radical (unpaired) electrons. The number of carbonyl (C=O) groups excluding carboxylic acids is 2. The normalized spacial score (nSPS) is 19.2. The molecular weight excluding hydrogens is 1000 g/mol. The fraction of sp³-hybridized carbons (Fsp3) is 0.373. The number of carboxylic acid groups (broad SMARTS) is 2. The average molecular weight is 1060 g/mol. The molecule has 24 heteroatoms. The number of rotatable bonds is 10. The molecule has 4 atom stereocenters. The molecule has 4 aliphatic heterocycles. The number of amides is 2. The molecule has 3 saturated heterocycles. The topological polar surface area (TPSA) is 284 Å². The van der Waals surface area contributed by atoms with Crippen LogP contribution in [0.5, 0.6) is 17.2 Å². The number of piperazine rings is 1. The maximum atomic E-state index is 15.0. The Kier molecular flexibility index (Phi) is 16.8. The van der Waals surface area contributed by atoms with E-state index in [0.717, 1.165) is 41.4 Å². The number of aromatic carboxylic acids is 1. The summed E-state index contributed by atoms with van der Waals surface area (Å²) in [5.74, 6) is -1.13. The van der Waals surface area contributed by atoms with E-state index in [-0.39, 0.29) is 72.0 Å². The molecular formula is C51H58FN10NaO11S. The molecule has 21 nitrogen and oxygen atoms in total. The van der Waals surface area contributed by atoms with Crippen LogP contribution >= 0.6 is 11.8 Å². The molecule has 10 rings (SSSR count). The summed E-state index contributed by atoms with van der Waals surface area (Å²) < 4.78 is 37.7. The molecule has 7 N–H and O–H groups in total. The largest absolute Gasteiger partial charge is 1.00 e. The van der Waals surface area contributed by atoms with Gasteiger partial charge in [-0.15, -0.1) is 11.8 Å². The van der Waals surface area contributed by atoms with Gasteiger partial charge in [0.25, 0.3) is 5.91 Å². The van der Waals surface area contributed by atoms with E-state index in [1.165, 1.54) is 22.9 Å². The summed E-state index contributed by atoms with van der Waals surface area (Å²) in [5, 5.41) is 25.2. The molecule has 4 aliphatic rings. The van der Waals surface area contributed by atoms with E-state index in [0.29, 0.717) is 65.2 Å². The zero-order chi connectivity index (χ0) is 53.5. The van der Waals surface area contributed by atoms with Crippen LogP contribution in [0.25, 0.3) is 22.2 Å². The molecule has 392 valence electrons. The van der Waals surface area contributed by atoms with Crippen molar-refractivity contribution in [3.05, 3.63) is 111 Å². The molecule has 75 heavy (non-hydrogen) atoms. The van der Waals surface area contributed by atoms with Gasteiger partial charge < -0.3 is 66.4 Å². The SMILES string of the molecule is CC1COc2c(N3CCN(C)CC3)c(F)cc3c(=O)c(C(=O)O)cn1c23.COc1cc(C)c(Cc2cnc(N)nc2N)cc1OC.Cc1onc(-c2ccccc2)c1C(=O)N[C@@H]1C(=O)N2[C@@H]1SC(C)(C)[C@@H]2C(=O)O.[H-].[Na+]. The number of hydrogen-bond donors (Lipinski definition) is 5. The summed E-state index contributed by atoms with van der Waals surface area (Å²) in [5.41, 5.74) is 15.5. The predicted molar refractivity (Wildman–Crippen MR) is 276 cm³/mol. The molecule has 1 unspecified atom stereocenters. The van der Waals surface area contributed by atoms with Crippen molar-refractivity contribution in [3.63, 3.8) is 0 Å². The van der Waals surface area contributed by atoms with Gasteiger partial charge in [-0.1, -0.05) is 35.5 Å². The second kappa shape index (κ2) is 22.5. The first-order valence-corrected chi connectivity index (χ1v) is 24.4. The number of fused-ring (bicyclic) bond motifs is 1. The van der Waals surface area contributed by atoms with Crippen LogP contribution in [0.1, 0.15) is 71.4 Å². The monoisotopic (exact) mass is 1060 g/mol. The Morgan fingerprint density at radius 2 is 1.67 bits per heavy atom. The van der Waals surface area contributed by atoms with E-state index in [1.54, 1.807) is 45.8 Å². The number of aliphatic carboxylic acids is 1. The number of pyridine rings is 1. The summed E-state index contributed by atoms with van der Waals surface area (Å²) in [7, 11) is 5.24. The third-order valence-corrected chi connectivity index (χ3v) is 15.0. The molecule has 7 heterocycles. The summed E-state index contributed by atoms with van der Waals surface area (Å²) >= 11 is 1.38. The van der Waals surface area contributed by atoms with Gasteiger partial charge in [0.1, 0.15) is 58.2 Å². The van der Waals surface area contributed by atoms with Crippen LogP contribution in [0.4, 0.5) is 21.8 Å². The number of methoxy groups -OCH3 is 2. The van der Waals surface area contributed by atoms with E-state index >= 15 is 0 Å². The summed E-state index contributed by atoms with van der Waals surface area (Å²) in [4.78, 5) is 74.5. The zero-order valence-electron chi connectivity index (χ0n) is 44.0. The van der Waals surface area contributed by atoms with Crippen LogP contribution in [0, 0.1) is 19.7 Å². The number of nitrogen functional groups attached to an aromatic ring is 2. The van der Waals surface area contributed by atoms with Crippen molar-refractivity contribution in [3.8, 4) is 28.5 Å². The Labute approximate surface area is 458 Å². The number of nitrogens with one attached hydrogen (secondary N) is 1. The zero-order valence-corrected chi connectivity index (χ0v) is 45.8. The van der Waals surface area contributed by atoms with Gasteiger partial charge in [0.15, 0.2) is 23.1 Å². The first-order chi connectivity index (χ1) is 35.1. The Morgan fingerprint density at radius 1 is 1.00 bits per heavy atom. The second-order valence-electron chi connectivity index (χ2n) is 18.8. The van der Waals surface area contributed by atoms with Crippen LogP contribution in [0.15, 0.2) is 70.2 Å². The van der Waals surface area contributed by atoms with Crippen molar-refractivity contribution in [2.45, 2.75) is 69.3 Å². The van der Waals surface area contributed by atoms with E-state index in [4.69, 9.17) is 30.2 Å². The quantitative estimate of drug-likeness (QED) is 0.0970. The van der Waals surface area contributed by atoms with Crippen LogP contribution in [0.3, 0.4) is 0 Å². The number of β-lactam (4-membered cyclic amide) rings is 1. The molecule has 0 spiro atoms. The fourth-order valence-electron chi connectivity index (χ4n) is 9.47. The van der Waals surface area contributed by atoms with Crippen molar-refractivity contribution < 1.29 is 83.5 Å². The molecule has 3 aromatic carbocycles. The minimum absolute atomic E-state index is 0. The van der Waals surface area contributed by atoms with Gasteiger partial charge in [-0.25, -0.2) is 19.0 Å². The number of aryl methyl sites for hydroxylation is 2. The third kappa shape index (κ3) is 10.9. The van der Waals surface area contributed by atoms with Gasteiger partial charge in [0, 0.05) is 60.9 Å². The van der Waals surface area contributed by atoms with Gasteiger partial charge in [-0.3, -0.25) is 14.4 Å². The van der Waals surface area contributed by atoms with Gasteiger partial charge in [0.05, 0.1) is 31.2 Å². The maximum Gasteiger partial charge on any atom is 1.00 e. The molecule has 0 bridgehead atoms. The first-order valence-electron chi connectivity index (χ1n) is 23.5. The van der Waals surface area contributed by atoms with Crippen molar-refractivity contribution in [1.82, 2.24) is 34.8 Å². The predicted octanol–water partition coefficient (Wildman–Crippen LogP) is 2.11. The maximum absolute atomic E-state index is 15.0. The number of ether oxygens (including phenoxy) is 3. The van der Waals surface area contributed by atoms with E-state index in [9.17, 15) is 38.6 Å². The van der Waals surface area contributed by atoms with Crippen molar-refractivity contribution in [2.75, 3.05) is 70.4 Å². The number of aromatic nitrogens is 4. The number of anilines is 3. The van der Waals surface area contributed by atoms with Crippen molar-refractivity contribution >= 4 is 63.9 Å². The average Bonchev–Trinajstić information content (AvgIpc) is 3.88. The molecule has 3 aromatic heterocycles. The second-order valence-corrected chi connectivity index (χ2v) is 20.6. The van der Waals surface area contributed by atoms with E-state index < -0.39 is 51.3 Å². The Bertz CT molecular complexity index is 3250. The molecule has 0 aliphatic carbocycles. The summed E-state index contributed by atoms with van der Waals surface area (Å²) in [6.07, 6.45) is 3.60.